The Morgan fingerprint density at radius 3 is 2.25 bits per heavy atom. The molecule has 1 aliphatic carbocycles. The summed E-state index contributed by atoms with van der Waals surface area (Å²) in [5.74, 6) is -0.0286. The Balaban J connectivity index is 2.28. The summed E-state index contributed by atoms with van der Waals surface area (Å²) >= 11 is 5.42. The molecule has 5 nitrogen and oxygen atoms in total. The van der Waals surface area contributed by atoms with Gasteiger partial charge in [0.1, 0.15) is 5.60 Å². The van der Waals surface area contributed by atoms with Gasteiger partial charge in [-0.1, -0.05) is 11.6 Å². The first-order chi connectivity index (χ1) is 9.19. The van der Waals surface area contributed by atoms with Crippen molar-refractivity contribution in [2.45, 2.75) is 52.1 Å². The van der Waals surface area contributed by atoms with E-state index in [2.05, 4.69) is 5.32 Å². The molecule has 0 aliphatic heterocycles. The average Bonchev–Trinajstić information content (AvgIpc) is 2.34. The first-order valence-corrected chi connectivity index (χ1v) is 7.32. The number of hydrogen-bond donors (Lipinski definition) is 2. The van der Waals surface area contributed by atoms with Gasteiger partial charge in [0.25, 0.3) is 0 Å². The van der Waals surface area contributed by atoms with E-state index in [0.717, 1.165) is 25.7 Å². The van der Waals surface area contributed by atoms with E-state index in [9.17, 15) is 9.59 Å². The molecular weight excluding hydrogens is 280 g/mol. The van der Waals surface area contributed by atoms with Gasteiger partial charge in [-0.25, -0.2) is 4.79 Å². The molecule has 0 aromatic heterocycles. The summed E-state index contributed by atoms with van der Waals surface area (Å²) < 4.78 is 5.17. The van der Waals surface area contributed by atoms with Crippen LogP contribution in [0.25, 0.3) is 0 Å². The molecule has 114 valence electrons. The topological polar surface area (TPSA) is 79.2 Å². The third-order valence-electron chi connectivity index (χ3n) is 3.37. The number of ether oxygens (including phenoxy) is 1. The first-order valence-electron chi connectivity index (χ1n) is 6.94. The Morgan fingerprint density at radius 1 is 1.25 bits per heavy atom. The normalized spacial score (nSPS) is 23.0. The van der Waals surface area contributed by atoms with Crippen LogP contribution in [0, 0.1) is 17.2 Å². The Morgan fingerprint density at radius 2 is 1.80 bits per heavy atom. The zero-order chi connectivity index (χ0) is 15.3. The summed E-state index contributed by atoms with van der Waals surface area (Å²) in [6.07, 6.45) is 2.77. The van der Waals surface area contributed by atoms with Crippen molar-refractivity contribution < 1.29 is 14.3 Å². The lowest BCUT2D eigenvalue weighted by atomic mass is 9.80. The summed E-state index contributed by atoms with van der Waals surface area (Å²) in [5.41, 5.74) is -0.491. The SMILES string of the molecule is CC(C)(C)OC(=O)NC[C@H]1CC[C@H](C(=O)C(=N)Cl)CC1. The standard InChI is InChI=1S/C14H23ClN2O3/c1-14(2,3)20-13(19)17-8-9-4-6-10(7-5-9)11(18)12(15)16/h9-10,16H,4-8H2,1-3H3,(H,17,19)/t9-,10-. The quantitative estimate of drug-likeness (QED) is 0.783. The summed E-state index contributed by atoms with van der Waals surface area (Å²) in [6.45, 7) is 6.04. The second-order valence-corrected chi connectivity index (χ2v) is 6.66. The molecule has 0 unspecified atom stereocenters. The molecular formula is C14H23ClN2O3. The molecule has 1 aliphatic rings. The highest BCUT2D eigenvalue weighted by Crippen LogP contribution is 2.29. The fourth-order valence-corrected chi connectivity index (χ4v) is 2.50. The van der Waals surface area contributed by atoms with Crippen LogP contribution in [0.3, 0.4) is 0 Å². The highest BCUT2D eigenvalue weighted by molar-refractivity contribution is 6.82. The van der Waals surface area contributed by atoms with Crippen LogP contribution >= 0.6 is 11.6 Å². The van der Waals surface area contributed by atoms with Crippen LogP contribution in [0.5, 0.6) is 0 Å². The molecule has 20 heavy (non-hydrogen) atoms. The second kappa shape index (κ2) is 7.07. The van der Waals surface area contributed by atoms with E-state index in [-0.39, 0.29) is 16.9 Å². The highest BCUT2D eigenvalue weighted by Gasteiger charge is 2.28. The first kappa shape index (κ1) is 17.0. The number of alkyl carbamates (subject to hydrolysis) is 1. The highest BCUT2D eigenvalue weighted by atomic mass is 35.5. The fraction of sp³-hybridized carbons (Fsp3) is 0.786. The molecule has 2 N–H and O–H groups in total. The molecule has 0 saturated heterocycles. The molecule has 1 rings (SSSR count). The number of carbonyl (C=O) groups is 2. The summed E-state index contributed by atoms with van der Waals surface area (Å²) in [4.78, 5) is 23.1. The number of nitrogens with one attached hydrogen (secondary N) is 2. The minimum atomic E-state index is -0.491. The largest absolute Gasteiger partial charge is 0.444 e. The van der Waals surface area contributed by atoms with Gasteiger partial charge in [-0.15, -0.1) is 0 Å². The van der Waals surface area contributed by atoms with Gasteiger partial charge >= 0.3 is 6.09 Å². The molecule has 0 radical (unpaired) electrons. The van der Waals surface area contributed by atoms with Crippen LogP contribution in [0.4, 0.5) is 4.79 Å². The Hall–Kier alpha value is -1.10. The van der Waals surface area contributed by atoms with E-state index < -0.39 is 11.7 Å². The number of carbonyl (C=O) groups excluding carboxylic acids is 2. The maximum absolute atomic E-state index is 11.6. The Kier molecular flexibility index (Phi) is 5.99. The summed E-state index contributed by atoms with van der Waals surface area (Å²) in [5, 5.41) is 9.54. The van der Waals surface area contributed by atoms with Crippen LogP contribution in [-0.4, -0.2) is 29.2 Å². The average molecular weight is 303 g/mol. The zero-order valence-electron chi connectivity index (χ0n) is 12.3. The van der Waals surface area contributed by atoms with Crippen molar-refractivity contribution >= 4 is 28.6 Å². The maximum atomic E-state index is 11.6. The number of halogens is 1. The van der Waals surface area contributed by atoms with Gasteiger partial charge in [0.15, 0.2) is 11.0 Å². The predicted octanol–water partition coefficient (Wildman–Crippen LogP) is 3.10. The smallest absolute Gasteiger partial charge is 0.407 e. The van der Waals surface area contributed by atoms with Gasteiger partial charge < -0.3 is 10.1 Å². The number of rotatable bonds is 4. The van der Waals surface area contributed by atoms with Gasteiger partial charge in [-0.2, -0.15) is 0 Å². The van der Waals surface area contributed by atoms with E-state index in [0.29, 0.717) is 12.5 Å². The van der Waals surface area contributed by atoms with Gasteiger partial charge in [0.05, 0.1) is 0 Å². The van der Waals surface area contributed by atoms with Gasteiger partial charge in [0.2, 0.25) is 0 Å². The monoisotopic (exact) mass is 302 g/mol. The molecule has 0 aromatic rings. The van der Waals surface area contributed by atoms with Crippen LogP contribution in [0.1, 0.15) is 46.5 Å². The van der Waals surface area contributed by atoms with E-state index in [1.165, 1.54) is 0 Å². The van der Waals surface area contributed by atoms with Crippen molar-refractivity contribution in [3.8, 4) is 0 Å². The van der Waals surface area contributed by atoms with E-state index in [4.69, 9.17) is 21.7 Å². The van der Waals surface area contributed by atoms with Crippen molar-refractivity contribution in [2.75, 3.05) is 6.54 Å². The van der Waals surface area contributed by atoms with E-state index >= 15 is 0 Å². The lowest BCUT2D eigenvalue weighted by Crippen LogP contribution is -2.36. The van der Waals surface area contributed by atoms with Gasteiger partial charge in [0, 0.05) is 12.5 Å². The van der Waals surface area contributed by atoms with Crippen LogP contribution in [-0.2, 0) is 9.53 Å². The van der Waals surface area contributed by atoms with Crippen molar-refractivity contribution in [1.82, 2.24) is 5.32 Å². The zero-order valence-corrected chi connectivity index (χ0v) is 13.0. The number of ketones is 1. The molecule has 0 spiro atoms. The fourth-order valence-electron chi connectivity index (χ4n) is 2.35. The predicted molar refractivity (Wildman–Crippen MR) is 78.3 cm³/mol. The number of hydrogen-bond acceptors (Lipinski definition) is 4. The van der Waals surface area contributed by atoms with Crippen molar-refractivity contribution in [1.29, 1.82) is 5.41 Å². The Labute approximate surface area is 124 Å². The molecule has 1 amide bonds. The minimum Gasteiger partial charge on any atom is -0.444 e. The molecule has 1 saturated carbocycles. The van der Waals surface area contributed by atoms with E-state index in [1.54, 1.807) is 0 Å². The molecule has 0 heterocycles. The lowest BCUT2D eigenvalue weighted by molar-refractivity contribution is -0.117. The third kappa shape index (κ3) is 5.90. The molecule has 1 fully saturated rings. The third-order valence-corrected chi connectivity index (χ3v) is 3.55. The van der Waals surface area contributed by atoms with Crippen LogP contribution < -0.4 is 5.32 Å². The summed E-state index contributed by atoms with van der Waals surface area (Å²) in [6, 6.07) is 0. The molecule has 0 atom stereocenters. The molecule has 0 bridgehead atoms. The molecule has 0 aromatic carbocycles. The minimum absolute atomic E-state index is 0.127. The van der Waals surface area contributed by atoms with E-state index in [1.807, 2.05) is 20.8 Å². The number of amides is 1. The lowest BCUT2D eigenvalue weighted by Gasteiger charge is -2.27. The van der Waals surface area contributed by atoms with Crippen LogP contribution in [0.2, 0.25) is 0 Å². The Bertz CT molecular complexity index is 382. The van der Waals surface area contributed by atoms with Crippen molar-refractivity contribution in [2.24, 2.45) is 11.8 Å². The van der Waals surface area contributed by atoms with Crippen LogP contribution in [0.15, 0.2) is 0 Å². The number of Topliss-reactive ketones (excluding diaryl/α,β-unsaturated/α-hetero) is 1. The van der Waals surface area contributed by atoms with Crippen molar-refractivity contribution in [3.05, 3.63) is 0 Å². The summed E-state index contributed by atoms with van der Waals surface area (Å²) in [7, 11) is 0. The van der Waals surface area contributed by atoms with Gasteiger partial charge in [-0.3, -0.25) is 10.2 Å². The van der Waals surface area contributed by atoms with Gasteiger partial charge in [-0.05, 0) is 52.4 Å². The molecule has 6 heteroatoms. The van der Waals surface area contributed by atoms with Crippen molar-refractivity contribution in [3.63, 3.8) is 0 Å². The second-order valence-electron chi connectivity index (χ2n) is 6.28. The maximum Gasteiger partial charge on any atom is 0.407 e.